The number of aryl methyl sites for hydroxylation is 1. The van der Waals surface area contributed by atoms with Crippen LogP contribution in [0.1, 0.15) is 47.7 Å². The summed E-state index contributed by atoms with van der Waals surface area (Å²) < 4.78 is 5.11. The number of aromatic nitrogens is 1. The largest absolute Gasteiger partial charge is 0.508 e. The zero-order valence-electron chi connectivity index (χ0n) is 17.8. The Morgan fingerprint density at radius 3 is 2.45 bits per heavy atom. The van der Waals surface area contributed by atoms with Crippen molar-refractivity contribution in [2.24, 2.45) is 0 Å². The lowest BCUT2D eigenvalue weighted by atomic mass is 9.96. The molecule has 0 aliphatic rings. The Balaban J connectivity index is 1.68. The molecule has 1 aromatic heterocycles. The fourth-order valence-corrected chi connectivity index (χ4v) is 4.58. The number of halogens is 2. The molecule has 2 N–H and O–H groups in total. The van der Waals surface area contributed by atoms with Gasteiger partial charge in [-0.05, 0) is 54.7 Å². The van der Waals surface area contributed by atoms with Gasteiger partial charge < -0.3 is 9.63 Å². The second kappa shape index (κ2) is 9.98. The quantitative estimate of drug-likeness (QED) is 0.367. The second-order valence-corrected chi connectivity index (χ2v) is 9.51. The van der Waals surface area contributed by atoms with Crippen LogP contribution in [-0.4, -0.2) is 21.9 Å². The van der Waals surface area contributed by atoms with Gasteiger partial charge in [0.1, 0.15) is 5.75 Å². The van der Waals surface area contributed by atoms with Crippen molar-refractivity contribution in [3.63, 3.8) is 0 Å². The number of rotatable bonds is 7. The van der Waals surface area contributed by atoms with Gasteiger partial charge in [-0.15, -0.1) is 11.8 Å². The number of anilines is 1. The van der Waals surface area contributed by atoms with Crippen molar-refractivity contribution >= 4 is 46.8 Å². The van der Waals surface area contributed by atoms with E-state index in [0.29, 0.717) is 22.4 Å². The predicted octanol–water partition coefficient (Wildman–Crippen LogP) is 6.75. The predicted molar refractivity (Wildman–Crippen MR) is 127 cm³/mol. The third-order valence-corrected chi connectivity index (χ3v) is 6.64. The maximum atomic E-state index is 12.2. The molecule has 0 aliphatic heterocycles. The molecule has 31 heavy (non-hydrogen) atoms. The number of hydrogen-bond acceptors (Lipinski definition) is 5. The van der Waals surface area contributed by atoms with E-state index < -0.39 is 0 Å². The minimum Gasteiger partial charge on any atom is -0.508 e. The first-order valence-corrected chi connectivity index (χ1v) is 11.5. The van der Waals surface area contributed by atoms with Gasteiger partial charge in [-0.1, -0.05) is 54.3 Å². The topological polar surface area (TPSA) is 75.4 Å². The molecule has 0 saturated heterocycles. The van der Waals surface area contributed by atoms with Crippen molar-refractivity contribution in [2.75, 3.05) is 11.1 Å². The Labute approximate surface area is 196 Å². The molecular weight excluding hydrogens is 455 g/mol. The summed E-state index contributed by atoms with van der Waals surface area (Å²) in [6.07, 6.45) is 0.549. The van der Waals surface area contributed by atoms with Crippen molar-refractivity contribution in [2.45, 2.75) is 44.9 Å². The Morgan fingerprint density at radius 2 is 1.87 bits per heavy atom. The monoisotopic (exact) mass is 478 g/mol. The second-order valence-electron chi connectivity index (χ2n) is 7.65. The van der Waals surface area contributed by atoms with E-state index in [0.717, 1.165) is 32.8 Å². The molecule has 1 heterocycles. The fraction of sp³-hybridized carbons (Fsp3) is 0.304. The van der Waals surface area contributed by atoms with Crippen molar-refractivity contribution in [1.82, 2.24) is 5.16 Å². The van der Waals surface area contributed by atoms with Crippen LogP contribution in [0.5, 0.6) is 5.75 Å². The van der Waals surface area contributed by atoms with Gasteiger partial charge in [0.2, 0.25) is 11.8 Å². The van der Waals surface area contributed by atoms with Crippen molar-refractivity contribution in [3.05, 3.63) is 68.3 Å². The number of amides is 1. The van der Waals surface area contributed by atoms with Gasteiger partial charge in [-0.25, -0.2) is 0 Å². The summed E-state index contributed by atoms with van der Waals surface area (Å²) in [4.78, 5) is 13.0. The van der Waals surface area contributed by atoms with Gasteiger partial charge in [0.05, 0.1) is 11.4 Å². The normalized spacial score (nSPS) is 11.2. The van der Waals surface area contributed by atoms with Gasteiger partial charge >= 0.3 is 0 Å². The number of benzene rings is 2. The fourth-order valence-electron chi connectivity index (χ4n) is 3.06. The summed E-state index contributed by atoms with van der Waals surface area (Å²) in [7, 11) is 0. The van der Waals surface area contributed by atoms with E-state index in [1.165, 1.54) is 11.8 Å². The van der Waals surface area contributed by atoms with E-state index in [-0.39, 0.29) is 23.3 Å². The Kier molecular flexibility index (Phi) is 7.57. The lowest BCUT2D eigenvalue weighted by Crippen LogP contribution is -2.14. The first-order chi connectivity index (χ1) is 14.7. The molecule has 0 bridgehead atoms. The smallest absolute Gasteiger partial charge is 0.237 e. The van der Waals surface area contributed by atoms with Gasteiger partial charge in [-0.3, -0.25) is 10.1 Å². The van der Waals surface area contributed by atoms with Crippen molar-refractivity contribution in [3.8, 4) is 5.75 Å². The van der Waals surface area contributed by atoms with Gasteiger partial charge in [0, 0.05) is 26.9 Å². The summed E-state index contributed by atoms with van der Waals surface area (Å²) in [6.45, 7) is 7.72. The highest BCUT2D eigenvalue weighted by atomic mass is 35.5. The number of hydrogen-bond donors (Lipinski definition) is 2. The molecule has 1 amide bonds. The Hall–Kier alpha value is -2.15. The highest BCUT2D eigenvalue weighted by Gasteiger charge is 2.15. The summed E-state index contributed by atoms with van der Waals surface area (Å²) >= 11 is 14.4. The lowest BCUT2D eigenvalue weighted by molar-refractivity contribution is -0.113. The van der Waals surface area contributed by atoms with E-state index in [2.05, 4.69) is 10.5 Å². The number of nitrogens with zero attached hydrogens (tertiary/aromatic N) is 1. The molecule has 2 aromatic carbocycles. The van der Waals surface area contributed by atoms with E-state index in [4.69, 9.17) is 27.7 Å². The average Bonchev–Trinajstić information content (AvgIpc) is 3.02. The van der Waals surface area contributed by atoms with Crippen LogP contribution in [0.25, 0.3) is 0 Å². The van der Waals surface area contributed by atoms with Gasteiger partial charge in [0.15, 0.2) is 0 Å². The minimum absolute atomic E-state index is 0.181. The molecule has 0 saturated carbocycles. The van der Waals surface area contributed by atoms with E-state index in [1.54, 1.807) is 6.07 Å². The molecule has 5 nitrogen and oxygen atoms in total. The molecule has 3 aromatic rings. The highest BCUT2D eigenvalue weighted by Crippen LogP contribution is 2.34. The Morgan fingerprint density at radius 1 is 1.19 bits per heavy atom. The average molecular weight is 479 g/mol. The maximum Gasteiger partial charge on any atom is 0.237 e. The van der Waals surface area contributed by atoms with Crippen LogP contribution in [0.3, 0.4) is 0 Å². The van der Waals surface area contributed by atoms with Gasteiger partial charge in [-0.2, -0.15) is 0 Å². The number of aromatic hydroxyl groups is 1. The number of thioether (sulfide) groups is 1. The van der Waals surface area contributed by atoms with Crippen LogP contribution >= 0.6 is 35.0 Å². The molecule has 0 radical (unpaired) electrons. The molecule has 0 fully saturated rings. The summed E-state index contributed by atoms with van der Waals surface area (Å²) in [5.41, 5.74) is 4.27. The lowest BCUT2D eigenvalue weighted by Gasteiger charge is -2.13. The SMILES string of the molecule is Cc1noc(NC(=O)CSc2cc(Cl)c(Cc3ccc(O)c(C(C)C)c3)c(Cl)c2)c1C. The van der Waals surface area contributed by atoms with E-state index in [9.17, 15) is 9.90 Å². The highest BCUT2D eigenvalue weighted by molar-refractivity contribution is 8.00. The molecule has 8 heteroatoms. The maximum absolute atomic E-state index is 12.2. The Bertz CT molecular complexity index is 1090. The van der Waals surface area contributed by atoms with Gasteiger partial charge in [0.25, 0.3) is 0 Å². The van der Waals surface area contributed by atoms with E-state index in [1.807, 2.05) is 52.0 Å². The first kappa shape index (κ1) is 23.5. The summed E-state index contributed by atoms with van der Waals surface area (Å²) in [6, 6.07) is 9.18. The molecule has 0 aliphatic carbocycles. The zero-order valence-corrected chi connectivity index (χ0v) is 20.1. The minimum atomic E-state index is -0.203. The van der Waals surface area contributed by atoms with Crippen molar-refractivity contribution in [1.29, 1.82) is 0 Å². The molecule has 0 atom stereocenters. The molecular formula is C23H24Cl2N2O3S. The molecule has 0 spiro atoms. The standard InChI is InChI=1S/C23H24Cl2N2O3S/c1-12(2)17-7-15(5-6-21(17)28)8-18-19(24)9-16(10-20(18)25)31-11-22(29)26-23-13(3)14(4)27-30-23/h5-7,9-10,12,28H,8,11H2,1-4H3,(H,26,29). The van der Waals surface area contributed by atoms with Crippen molar-refractivity contribution < 1.29 is 14.4 Å². The van der Waals surface area contributed by atoms with Crippen LogP contribution < -0.4 is 5.32 Å². The van der Waals surface area contributed by atoms with Crippen LogP contribution in [0, 0.1) is 13.8 Å². The number of nitrogens with one attached hydrogen (secondary N) is 1. The number of carbonyl (C=O) groups is 1. The van der Waals surface area contributed by atoms with Crippen LogP contribution in [0.4, 0.5) is 5.88 Å². The van der Waals surface area contributed by atoms with Crippen LogP contribution in [0.2, 0.25) is 10.0 Å². The molecule has 0 unspecified atom stereocenters. The summed E-state index contributed by atoms with van der Waals surface area (Å²) in [5, 5.41) is 17.7. The third-order valence-electron chi connectivity index (χ3n) is 4.99. The number of carbonyl (C=O) groups excluding carboxylic acids is 1. The van der Waals surface area contributed by atoms with Crippen LogP contribution in [-0.2, 0) is 11.2 Å². The number of phenolic OH excluding ortho intramolecular Hbond substituents is 1. The molecule has 164 valence electrons. The van der Waals surface area contributed by atoms with Crippen LogP contribution in [0.15, 0.2) is 39.8 Å². The zero-order chi connectivity index (χ0) is 22.7. The first-order valence-electron chi connectivity index (χ1n) is 9.81. The van der Waals surface area contributed by atoms with E-state index >= 15 is 0 Å². The number of phenols is 1. The summed E-state index contributed by atoms with van der Waals surface area (Å²) in [5.74, 6) is 0.841. The third kappa shape index (κ3) is 5.76. The molecule has 3 rings (SSSR count).